The van der Waals surface area contributed by atoms with Crippen molar-refractivity contribution in [3.05, 3.63) is 30.0 Å². The second-order valence-electron chi connectivity index (χ2n) is 5.03. The van der Waals surface area contributed by atoms with Crippen LogP contribution in [0.15, 0.2) is 24.4 Å². The molecule has 5 nitrogen and oxygen atoms in total. The first-order valence-electron chi connectivity index (χ1n) is 6.30. The average molecular weight is 260 g/mol. The van der Waals surface area contributed by atoms with Crippen molar-refractivity contribution in [2.75, 3.05) is 26.4 Å². The lowest BCUT2D eigenvalue weighted by Gasteiger charge is -2.19. The van der Waals surface area contributed by atoms with Crippen LogP contribution in [-0.4, -0.2) is 42.5 Å². The van der Waals surface area contributed by atoms with Gasteiger partial charge in [0.15, 0.2) is 0 Å². The lowest BCUT2D eigenvalue weighted by Crippen LogP contribution is -2.38. The third kappa shape index (κ3) is 2.88. The van der Waals surface area contributed by atoms with Gasteiger partial charge in [0.1, 0.15) is 0 Å². The summed E-state index contributed by atoms with van der Waals surface area (Å²) in [6.07, 6.45) is 1.72. The molecule has 102 valence electrons. The molecule has 2 rings (SSSR count). The van der Waals surface area contributed by atoms with Crippen molar-refractivity contribution in [2.24, 2.45) is 0 Å². The molecular weight excluding hydrogens is 240 g/mol. The second kappa shape index (κ2) is 5.32. The van der Waals surface area contributed by atoms with E-state index in [2.05, 4.69) is 22.1 Å². The Bertz CT molecular complexity index is 588. The molecule has 19 heavy (non-hydrogen) atoms. The van der Waals surface area contributed by atoms with Crippen LogP contribution < -0.4 is 11.1 Å². The summed E-state index contributed by atoms with van der Waals surface area (Å²) in [5, 5.41) is 3.79. The van der Waals surface area contributed by atoms with E-state index < -0.39 is 0 Å². The number of nitrogens with zero attached hydrogens (tertiary/aromatic N) is 1. The number of aromatic nitrogens is 1. The molecule has 1 aromatic heterocycles. The van der Waals surface area contributed by atoms with Crippen LogP contribution in [0.3, 0.4) is 0 Å². The molecule has 0 aliphatic rings. The van der Waals surface area contributed by atoms with Gasteiger partial charge in [0.05, 0.1) is 5.56 Å². The smallest absolute Gasteiger partial charge is 0.253 e. The molecule has 1 atom stereocenters. The number of likely N-dealkylation sites (N-methyl/N-ethyl adjacent to an activating group) is 1. The lowest BCUT2D eigenvalue weighted by atomic mass is 10.1. The number of carbonyl (C=O) groups excluding carboxylic acids is 1. The fourth-order valence-corrected chi connectivity index (χ4v) is 1.84. The van der Waals surface area contributed by atoms with Crippen molar-refractivity contribution in [3.63, 3.8) is 0 Å². The van der Waals surface area contributed by atoms with Gasteiger partial charge in [-0.1, -0.05) is 0 Å². The Labute approximate surface area is 112 Å². The number of carbonyl (C=O) groups is 1. The number of amides is 1. The van der Waals surface area contributed by atoms with Crippen LogP contribution in [0.5, 0.6) is 0 Å². The number of anilines is 1. The summed E-state index contributed by atoms with van der Waals surface area (Å²) in [6, 6.07) is 5.80. The van der Waals surface area contributed by atoms with E-state index in [-0.39, 0.29) is 5.91 Å². The van der Waals surface area contributed by atoms with Crippen LogP contribution in [0, 0.1) is 0 Å². The fraction of sp³-hybridized carbons (Fsp3) is 0.357. The van der Waals surface area contributed by atoms with E-state index in [0.717, 1.165) is 10.9 Å². The highest BCUT2D eigenvalue weighted by molar-refractivity contribution is 6.07. The van der Waals surface area contributed by atoms with Crippen molar-refractivity contribution >= 4 is 22.5 Å². The van der Waals surface area contributed by atoms with Crippen LogP contribution in [0.2, 0.25) is 0 Å². The molecule has 0 fully saturated rings. The zero-order valence-electron chi connectivity index (χ0n) is 11.5. The predicted octanol–water partition coefficient (Wildman–Crippen LogP) is 1.43. The van der Waals surface area contributed by atoms with Gasteiger partial charge in [0.2, 0.25) is 0 Å². The van der Waals surface area contributed by atoms with Crippen LogP contribution in [-0.2, 0) is 0 Å². The number of fused-ring (bicyclic) bond motifs is 1. The van der Waals surface area contributed by atoms with Crippen molar-refractivity contribution in [1.82, 2.24) is 15.2 Å². The number of rotatable bonds is 4. The molecule has 0 bridgehead atoms. The number of H-pyrrole nitrogens is 1. The maximum Gasteiger partial charge on any atom is 0.253 e. The summed E-state index contributed by atoms with van der Waals surface area (Å²) >= 11 is 0. The molecule has 2 aromatic rings. The Morgan fingerprint density at radius 3 is 2.89 bits per heavy atom. The van der Waals surface area contributed by atoms with Gasteiger partial charge in [-0.05, 0) is 39.2 Å². The van der Waals surface area contributed by atoms with E-state index >= 15 is 0 Å². The SMILES string of the molecule is CC(CNC(=O)c1c[nH]c2ccc(N)cc12)N(C)C. The van der Waals surface area contributed by atoms with Gasteiger partial charge in [-0.2, -0.15) is 0 Å². The topological polar surface area (TPSA) is 74.1 Å². The van der Waals surface area contributed by atoms with Gasteiger partial charge in [-0.3, -0.25) is 4.79 Å². The van der Waals surface area contributed by atoms with Gasteiger partial charge in [-0.15, -0.1) is 0 Å². The van der Waals surface area contributed by atoms with Gasteiger partial charge in [-0.25, -0.2) is 0 Å². The number of aromatic amines is 1. The van der Waals surface area contributed by atoms with Crippen LogP contribution >= 0.6 is 0 Å². The van der Waals surface area contributed by atoms with Crippen LogP contribution in [0.25, 0.3) is 10.9 Å². The number of nitrogens with one attached hydrogen (secondary N) is 2. The second-order valence-corrected chi connectivity index (χ2v) is 5.03. The van der Waals surface area contributed by atoms with E-state index in [9.17, 15) is 4.79 Å². The summed E-state index contributed by atoms with van der Waals surface area (Å²) in [5.74, 6) is -0.0782. The van der Waals surface area contributed by atoms with Crippen molar-refractivity contribution in [2.45, 2.75) is 13.0 Å². The molecule has 1 unspecified atom stereocenters. The van der Waals surface area contributed by atoms with E-state index in [4.69, 9.17) is 5.73 Å². The number of nitrogen functional groups attached to an aromatic ring is 1. The summed E-state index contributed by atoms with van der Waals surface area (Å²) in [7, 11) is 3.98. The van der Waals surface area contributed by atoms with E-state index in [1.807, 2.05) is 32.3 Å². The zero-order chi connectivity index (χ0) is 14.0. The molecule has 0 radical (unpaired) electrons. The first-order valence-corrected chi connectivity index (χ1v) is 6.30. The highest BCUT2D eigenvalue weighted by Crippen LogP contribution is 2.20. The summed E-state index contributed by atoms with van der Waals surface area (Å²) in [6.45, 7) is 2.67. The maximum atomic E-state index is 12.2. The summed E-state index contributed by atoms with van der Waals surface area (Å²) in [5.41, 5.74) is 7.97. The minimum atomic E-state index is -0.0782. The normalized spacial score (nSPS) is 12.8. The fourth-order valence-electron chi connectivity index (χ4n) is 1.84. The van der Waals surface area contributed by atoms with Crippen molar-refractivity contribution in [3.8, 4) is 0 Å². The molecule has 1 heterocycles. The van der Waals surface area contributed by atoms with Crippen LogP contribution in [0.1, 0.15) is 17.3 Å². The summed E-state index contributed by atoms with van der Waals surface area (Å²) < 4.78 is 0. The number of hydrogen-bond acceptors (Lipinski definition) is 3. The number of hydrogen-bond donors (Lipinski definition) is 3. The lowest BCUT2D eigenvalue weighted by molar-refractivity contribution is 0.0945. The molecule has 0 aliphatic heterocycles. The van der Waals surface area contributed by atoms with E-state index in [0.29, 0.717) is 23.8 Å². The molecular formula is C14H20N4O. The average Bonchev–Trinajstić information content (AvgIpc) is 2.78. The van der Waals surface area contributed by atoms with E-state index in [1.54, 1.807) is 6.20 Å². The maximum absolute atomic E-state index is 12.2. The Balaban J connectivity index is 2.15. The van der Waals surface area contributed by atoms with Gasteiger partial charge in [0.25, 0.3) is 5.91 Å². The highest BCUT2D eigenvalue weighted by atomic mass is 16.1. The first kappa shape index (κ1) is 13.4. The predicted molar refractivity (Wildman–Crippen MR) is 78.2 cm³/mol. The number of benzene rings is 1. The Kier molecular flexibility index (Phi) is 3.76. The number of nitrogens with two attached hydrogens (primary N) is 1. The van der Waals surface area contributed by atoms with Crippen molar-refractivity contribution in [1.29, 1.82) is 0 Å². The highest BCUT2D eigenvalue weighted by Gasteiger charge is 2.13. The molecule has 4 N–H and O–H groups in total. The van der Waals surface area contributed by atoms with Gasteiger partial charge >= 0.3 is 0 Å². The molecule has 0 aliphatic carbocycles. The van der Waals surface area contributed by atoms with Crippen molar-refractivity contribution < 1.29 is 4.79 Å². The molecule has 0 saturated heterocycles. The Morgan fingerprint density at radius 2 is 2.21 bits per heavy atom. The van der Waals surface area contributed by atoms with Gasteiger partial charge in [0, 0.05) is 35.4 Å². The molecule has 1 amide bonds. The quantitative estimate of drug-likeness (QED) is 0.728. The molecule has 1 aromatic carbocycles. The van der Waals surface area contributed by atoms with Gasteiger partial charge < -0.3 is 20.9 Å². The first-order chi connectivity index (χ1) is 8.99. The van der Waals surface area contributed by atoms with E-state index in [1.165, 1.54) is 0 Å². The standard InChI is InChI=1S/C14H20N4O/c1-9(18(2)3)7-17-14(19)12-8-16-13-5-4-10(15)6-11(12)13/h4-6,8-9,16H,7,15H2,1-3H3,(H,17,19). The summed E-state index contributed by atoms with van der Waals surface area (Å²) in [4.78, 5) is 17.3. The molecule has 0 saturated carbocycles. The van der Waals surface area contributed by atoms with Crippen LogP contribution in [0.4, 0.5) is 5.69 Å². The monoisotopic (exact) mass is 260 g/mol. The Morgan fingerprint density at radius 1 is 1.47 bits per heavy atom. The Hall–Kier alpha value is -2.01. The minimum absolute atomic E-state index is 0.0782. The third-order valence-corrected chi connectivity index (χ3v) is 3.39. The minimum Gasteiger partial charge on any atom is -0.399 e. The molecule has 5 heteroatoms. The largest absolute Gasteiger partial charge is 0.399 e. The third-order valence-electron chi connectivity index (χ3n) is 3.39. The molecule has 0 spiro atoms. The zero-order valence-corrected chi connectivity index (χ0v) is 11.5.